The minimum absolute atomic E-state index is 0.148. The van der Waals surface area contributed by atoms with E-state index in [1.807, 2.05) is 36.1 Å². The smallest absolute Gasteiger partial charge is 0.253 e. The summed E-state index contributed by atoms with van der Waals surface area (Å²) in [7, 11) is 0. The second kappa shape index (κ2) is 8.66. The van der Waals surface area contributed by atoms with E-state index in [1.165, 1.54) is 6.42 Å². The van der Waals surface area contributed by atoms with E-state index in [0.717, 1.165) is 47.8 Å². The second-order valence-electron chi connectivity index (χ2n) is 5.88. The Hall–Kier alpha value is -1.57. The van der Waals surface area contributed by atoms with E-state index in [9.17, 15) is 4.79 Å². The van der Waals surface area contributed by atoms with E-state index >= 15 is 0 Å². The molecule has 2 heteroatoms. The third-order valence-corrected chi connectivity index (χ3v) is 3.77. The first-order chi connectivity index (χ1) is 10.0. The Bertz CT molecular complexity index is 553. The molecule has 1 aliphatic rings. The van der Waals surface area contributed by atoms with Crippen molar-refractivity contribution in [2.24, 2.45) is 5.92 Å². The van der Waals surface area contributed by atoms with Gasteiger partial charge < -0.3 is 4.90 Å². The quantitative estimate of drug-likeness (QED) is 0.777. The van der Waals surface area contributed by atoms with Crippen LogP contribution in [0.2, 0.25) is 0 Å². The summed E-state index contributed by atoms with van der Waals surface area (Å²) < 4.78 is 0. The van der Waals surface area contributed by atoms with Gasteiger partial charge in [0.1, 0.15) is 0 Å². The van der Waals surface area contributed by atoms with Crippen molar-refractivity contribution in [2.75, 3.05) is 13.1 Å². The van der Waals surface area contributed by atoms with Gasteiger partial charge in [-0.2, -0.15) is 0 Å². The normalized spacial score (nSPS) is 16.4. The molecule has 0 radical (unpaired) electrons. The molecule has 0 spiro atoms. The maximum Gasteiger partial charge on any atom is 0.253 e. The summed E-state index contributed by atoms with van der Waals surface area (Å²) in [5.41, 5.74) is 0.764. The fourth-order valence-electron chi connectivity index (χ4n) is 2.41. The summed E-state index contributed by atoms with van der Waals surface area (Å²) in [5.74, 6) is 0.893. The molecule has 0 bridgehead atoms. The first-order valence-corrected chi connectivity index (χ1v) is 8.08. The molecule has 2 nitrogen and oxygen atoms in total. The van der Waals surface area contributed by atoms with Gasteiger partial charge in [-0.05, 0) is 48.3 Å². The zero-order chi connectivity index (χ0) is 15.8. The number of carbonyl (C=O) groups is 1. The van der Waals surface area contributed by atoms with E-state index < -0.39 is 0 Å². The van der Waals surface area contributed by atoms with Crippen molar-refractivity contribution >= 4 is 18.6 Å². The van der Waals surface area contributed by atoms with Crippen LogP contribution in [-0.4, -0.2) is 23.9 Å². The molecule has 21 heavy (non-hydrogen) atoms. The number of benzene rings is 1. The predicted molar refractivity (Wildman–Crippen MR) is 91.6 cm³/mol. The van der Waals surface area contributed by atoms with Crippen molar-refractivity contribution in [3.05, 3.63) is 34.2 Å². The second-order valence-corrected chi connectivity index (χ2v) is 5.88. The Balaban J connectivity index is 0.000000677. The lowest BCUT2D eigenvalue weighted by Crippen LogP contribution is -2.38. The number of hydrogen-bond donors (Lipinski definition) is 0. The Kier molecular flexibility index (Phi) is 7.21. The minimum atomic E-state index is 0.148. The average molecular weight is 287 g/mol. The van der Waals surface area contributed by atoms with E-state index in [0.29, 0.717) is 0 Å². The molecule has 1 aromatic rings. The fourth-order valence-corrected chi connectivity index (χ4v) is 2.41. The lowest BCUT2D eigenvalue weighted by molar-refractivity contribution is 0.0697. The fraction of sp³-hybridized carbons (Fsp3) is 0.526. The first kappa shape index (κ1) is 17.5. The van der Waals surface area contributed by atoms with Gasteiger partial charge in [-0.25, -0.2) is 0 Å². The van der Waals surface area contributed by atoms with E-state index in [-0.39, 0.29) is 5.91 Å². The van der Waals surface area contributed by atoms with E-state index in [1.54, 1.807) is 0 Å². The summed E-state index contributed by atoms with van der Waals surface area (Å²) in [6.07, 6.45) is 5.49. The predicted octanol–water partition coefficient (Wildman–Crippen LogP) is 3.19. The van der Waals surface area contributed by atoms with Crippen LogP contribution in [0.4, 0.5) is 0 Å². The number of hydrogen-bond acceptors (Lipinski definition) is 1. The molecule has 0 N–H and O–H groups in total. The van der Waals surface area contributed by atoms with Gasteiger partial charge in [0, 0.05) is 18.7 Å². The van der Waals surface area contributed by atoms with Crippen LogP contribution in [0.5, 0.6) is 0 Å². The Labute approximate surface area is 129 Å². The monoisotopic (exact) mass is 287 g/mol. The highest BCUT2D eigenvalue weighted by Gasteiger charge is 2.21. The highest BCUT2D eigenvalue weighted by molar-refractivity contribution is 5.94. The molecule has 1 amide bonds. The summed E-state index contributed by atoms with van der Waals surface area (Å²) in [5, 5.41) is 2.02. The van der Waals surface area contributed by atoms with Crippen LogP contribution in [0.15, 0.2) is 18.2 Å². The van der Waals surface area contributed by atoms with Crippen LogP contribution in [0, 0.1) is 5.92 Å². The summed E-state index contributed by atoms with van der Waals surface area (Å²) in [6.45, 7) is 14.2. The number of likely N-dealkylation sites (tertiary alicyclic amines) is 1. The van der Waals surface area contributed by atoms with Crippen molar-refractivity contribution in [2.45, 2.75) is 47.0 Å². The molecule has 2 rings (SSSR count). The highest BCUT2D eigenvalue weighted by Crippen LogP contribution is 2.17. The van der Waals surface area contributed by atoms with Gasteiger partial charge in [-0.3, -0.25) is 4.79 Å². The third kappa shape index (κ3) is 5.04. The van der Waals surface area contributed by atoms with Crippen molar-refractivity contribution in [3.63, 3.8) is 0 Å². The molecule has 1 saturated heterocycles. The molecule has 1 heterocycles. The summed E-state index contributed by atoms with van der Waals surface area (Å²) in [6, 6.07) is 5.78. The van der Waals surface area contributed by atoms with Gasteiger partial charge in [0.05, 0.1) is 0 Å². The summed E-state index contributed by atoms with van der Waals surface area (Å²) >= 11 is 0. The number of piperidine rings is 1. The van der Waals surface area contributed by atoms with E-state index in [2.05, 4.69) is 27.4 Å². The van der Waals surface area contributed by atoms with Crippen molar-refractivity contribution in [1.82, 2.24) is 4.90 Å². The molecular formula is C19H29NO. The van der Waals surface area contributed by atoms with Crippen molar-refractivity contribution in [3.8, 4) is 0 Å². The lowest BCUT2D eigenvalue weighted by atomic mass is 9.98. The van der Waals surface area contributed by atoms with Crippen LogP contribution < -0.4 is 10.4 Å². The van der Waals surface area contributed by atoms with Crippen molar-refractivity contribution < 1.29 is 4.79 Å². The molecule has 0 aromatic heterocycles. The van der Waals surface area contributed by atoms with Crippen LogP contribution in [-0.2, 0) is 0 Å². The Morgan fingerprint density at radius 3 is 2.38 bits per heavy atom. The average Bonchev–Trinajstić information content (AvgIpc) is 2.48. The summed E-state index contributed by atoms with van der Waals surface area (Å²) in [4.78, 5) is 14.3. The van der Waals surface area contributed by atoms with Crippen LogP contribution >= 0.6 is 0 Å². The molecule has 1 fully saturated rings. The molecule has 0 atom stereocenters. The lowest BCUT2D eigenvalue weighted by Gasteiger charge is -2.30. The van der Waals surface area contributed by atoms with Crippen LogP contribution in [0.25, 0.3) is 12.7 Å². The number of nitrogens with zero attached hydrogens (tertiary/aromatic N) is 1. The number of carbonyl (C=O) groups excluding carboxylic acids is 1. The van der Waals surface area contributed by atoms with Crippen LogP contribution in [0.3, 0.4) is 0 Å². The Morgan fingerprint density at radius 1 is 1.33 bits per heavy atom. The molecule has 1 aromatic carbocycles. The van der Waals surface area contributed by atoms with Gasteiger partial charge in [0.25, 0.3) is 5.91 Å². The molecule has 116 valence electrons. The first-order valence-electron chi connectivity index (χ1n) is 8.08. The van der Waals surface area contributed by atoms with Gasteiger partial charge in [-0.15, -0.1) is 0 Å². The van der Waals surface area contributed by atoms with Gasteiger partial charge in [-0.1, -0.05) is 45.9 Å². The van der Waals surface area contributed by atoms with Gasteiger partial charge >= 0.3 is 0 Å². The molecule has 0 unspecified atom stereocenters. The maximum absolute atomic E-state index is 12.3. The largest absolute Gasteiger partial charge is 0.339 e. The molecule has 1 aliphatic heterocycles. The zero-order valence-corrected chi connectivity index (χ0v) is 14.0. The maximum atomic E-state index is 12.3. The van der Waals surface area contributed by atoms with Crippen LogP contribution in [0.1, 0.15) is 57.3 Å². The van der Waals surface area contributed by atoms with Crippen molar-refractivity contribution in [1.29, 1.82) is 0 Å². The molecule has 0 saturated carbocycles. The SMILES string of the molecule is C=c1cc(C(=O)N2CCC(C)CC2)cc/c1=C/C.CCC. The third-order valence-electron chi connectivity index (χ3n) is 3.77. The van der Waals surface area contributed by atoms with Gasteiger partial charge in [0.2, 0.25) is 0 Å². The van der Waals surface area contributed by atoms with Gasteiger partial charge in [0.15, 0.2) is 0 Å². The topological polar surface area (TPSA) is 20.3 Å². The zero-order valence-electron chi connectivity index (χ0n) is 14.0. The standard InChI is InChI=1S/C16H21NO.C3H8/c1-4-14-5-6-15(11-13(14)3)16(18)17-9-7-12(2)8-10-17;1-3-2/h4-6,11-12H,3,7-10H2,1-2H3;3H2,1-2H3/b14-4-;. The minimum Gasteiger partial charge on any atom is -0.339 e. The molecule has 0 aliphatic carbocycles. The molecular weight excluding hydrogens is 258 g/mol. The Morgan fingerprint density at radius 2 is 1.90 bits per heavy atom. The van der Waals surface area contributed by atoms with E-state index in [4.69, 9.17) is 0 Å². The highest BCUT2D eigenvalue weighted by atomic mass is 16.2. The number of amides is 1. The number of rotatable bonds is 1.